The van der Waals surface area contributed by atoms with Gasteiger partial charge in [0.15, 0.2) is 6.10 Å². The first-order valence-corrected chi connectivity index (χ1v) is 7.21. The van der Waals surface area contributed by atoms with Crippen molar-refractivity contribution in [3.63, 3.8) is 0 Å². The Balaban J connectivity index is 1.85. The molecule has 1 aromatic rings. The van der Waals surface area contributed by atoms with Crippen molar-refractivity contribution in [2.45, 2.75) is 38.7 Å². The molecule has 1 N–H and O–H groups in total. The van der Waals surface area contributed by atoms with Crippen molar-refractivity contribution in [1.82, 2.24) is 0 Å². The van der Waals surface area contributed by atoms with Crippen LogP contribution in [-0.2, 0) is 14.3 Å². The van der Waals surface area contributed by atoms with E-state index in [1.54, 1.807) is 31.2 Å². The highest BCUT2D eigenvalue weighted by molar-refractivity contribution is 6.30. The molecule has 1 aliphatic carbocycles. The van der Waals surface area contributed by atoms with Crippen molar-refractivity contribution in [3.05, 3.63) is 29.3 Å². The summed E-state index contributed by atoms with van der Waals surface area (Å²) in [6, 6.07) is 6.77. The van der Waals surface area contributed by atoms with Gasteiger partial charge in [0, 0.05) is 10.7 Å². The van der Waals surface area contributed by atoms with Gasteiger partial charge in [-0.05, 0) is 44.0 Å². The Morgan fingerprint density at radius 1 is 1.25 bits per heavy atom. The van der Waals surface area contributed by atoms with Gasteiger partial charge in [-0.15, -0.1) is 0 Å². The van der Waals surface area contributed by atoms with E-state index in [0.29, 0.717) is 10.7 Å². The lowest BCUT2D eigenvalue weighted by Gasteiger charge is -2.16. The van der Waals surface area contributed by atoms with Crippen LogP contribution in [0.15, 0.2) is 24.3 Å². The molecule has 5 heteroatoms. The molecule has 1 fully saturated rings. The molecule has 0 aliphatic heterocycles. The third-order valence-corrected chi connectivity index (χ3v) is 3.71. The molecular weight excluding hydrogens is 278 g/mol. The number of hydrogen-bond donors (Lipinski definition) is 1. The summed E-state index contributed by atoms with van der Waals surface area (Å²) in [5.41, 5.74) is 0.628. The smallest absolute Gasteiger partial charge is 0.309 e. The van der Waals surface area contributed by atoms with E-state index in [4.69, 9.17) is 16.3 Å². The molecule has 108 valence electrons. The average molecular weight is 296 g/mol. The number of benzene rings is 1. The predicted molar refractivity (Wildman–Crippen MR) is 77.6 cm³/mol. The van der Waals surface area contributed by atoms with Gasteiger partial charge in [0.2, 0.25) is 0 Å². The van der Waals surface area contributed by atoms with Gasteiger partial charge in [-0.1, -0.05) is 24.4 Å². The summed E-state index contributed by atoms with van der Waals surface area (Å²) in [4.78, 5) is 23.8. The Bertz CT molecular complexity index is 480. The van der Waals surface area contributed by atoms with Crippen LogP contribution in [0.1, 0.15) is 32.6 Å². The molecule has 1 aromatic carbocycles. The molecule has 4 nitrogen and oxygen atoms in total. The maximum Gasteiger partial charge on any atom is 0.309 e. The van der Waals surface area contributed by atoms with Gasteiger partial charge >= 0.3 is 5.97 Å². The first kappa shape index (κ1) is 14.9. The van der Waals surface area contributed by atoms with Gasteiger partial charge in [-0.25, -0.2) is 0 Å². The molecule has 0 saturated heterocycles. The number of carbonyl (C=O) groups excluding carboxylic acids is 2. The summed E-state index contributed by atoms with van der Waals surface area (Å²) >= 11 is 5.77. The molecule has 0 aromatic heterocycles. The van der Waals surface area contributed by atoms with E-state index < -0.39 is 6.10 Å². The minimum Gasteiger partial charge on any atom is -0.452 e. The van der Waals surface area contributed by atoms with E-state index in [1.165, 1.54) is 0 Å². The van der Waals surface area contributed by atoms with E-state index >= 15 is 0 Å². The standard InChI is InChI=1S/C15H18ClNO3/c1-10(20-15(19)11-4-2-3-5-11)14(18)17-13-8-6-12(16)7-9-13/h6-11H,2-5H2,1H3,(H,17,18)/t10-/m0/s1. The second-order valence-electron chi connectivity index (χ2n) is 5.06. The van der Waals surface area contributed by atoms with Crippen molar-refractivity contribution in [1.29, 1.82) is 0 Å². The van der Waals surface area contributed by atoms with E-state index in [-0.39, 0.29) is 17.8 Å². The summed E-state index contributed by atoms with van der Waals surface area (Å²) in [7, 11) is 0. The number of ether oxygens (including phenoxy) is 1. The number of esters is 1. The molecular formula is C15H18ClNO3. The van der Waals surface area contributed by atoms with E-state index in [1.807, 2.05) is 0 Å². The van der Waals surface area contributed by atoms with Crippen molar-refractivity contribution in [2.75, 3.05) is 5.32 Å². The van der Waals surface area contributed by atoms with Crippen LogP contribution in [0, 0.1) is 5.92 Å². The monoisotopic (exact) mass is 295 g/mol. The van der Waals surface area contributed by atoms with Gasteiger partial charge in [0.05, 0.1) is 5.92 Å². The molecule has 0 spiro atoms. The normalized spacial score (nSPS) is 16.7. The molecule has 20 heavy (non-hydrogen) atoms. The lowest BCUT2D eigenvalue weighted by molar-refractivity contribution is -0.157. The number of halogens is 1. The quantitative estimate of drug-likeness (QED) is 0.866. The summed E-state index contributed by atoms with van der Waals surface area (Å²) < 4.78 is 5.21. The second-order valence-corrected chi connectivity index (χ2v) is 5.49. The minimum atomic E-state index is -0.793. The van der Waals surface area contributed by atoms with E-state index in [2.05, 4.69) is 5.32 Å². The van der Waals surface area contributed by atoms with Crippen molar-refractivity contribution >= 4 is 29.2 Å². The maximum atomic E-state index is 11.9. The number of anilines is 1. The van der Waals surface area contributed by atoms with E-state index in [0.717, 1.165) is 25.7 Å². The summed E-state index contributed by atoms with van der Waals surface area (Å²) in [6.45, 7) is 1.58. The number of nitrogens with one attached hydrogen (secondary N) is 1. The van der Waals surface area contributed by atoms with Crippen LogP contribution >= 0.6 is 11.6 Å². The SMILES string of the molecule is C[C@H](OC(=O)C1CCCC1)C(=O)Nc1ccc(Cl)cc1. The highest BCUT2D eigenvalue weighted by Crippen LogP contribution is 2.26. The molecule has 0 radical (unpaired) electrons. The number of carbonyl (C=O) groups is 2. The molecule has 1 aliphatic rings. The first-order valence-electron chi connectivity index (χ1n) is 6.83. The van der Waals surface area contributed by atoms with Gasteiger partial charge in [0.1, 0.15) is 0 Å². The third kappa shape index (κ3) is 3.97. The Labute approximate surface area is 123 Å². The number of amides is 1. The van der Waals surface area contributed by atoms with E-state index in [9.17, 15) is 9.59 Å². The molecule has 1 atom stereocenters. The predicted octanol–water partition coefficient (Wildman–Crippen LogP) is 3.40. The number of hydrogen-bond acceptors (Lipinski definition) is 3. The van der Waals surface area contributed by atoms with Crippen LogP contribution < -0.4 is 5.32 Å². The van der Waals surface area contributed by atoms with Crippen LogP contribution in [0.5, 0.6) is 0 Å². The third-order valence-electron chi connectivity index (χ3n) is 3.46. The zero-order valence-corrected chi connectivity index (χ0v) is 12.2. The molecule has 1 saturated carbocycles. The van der Waals surface area contributed by atoms with Crippen LogP contribution in [0.3, 0.4) is 0 Å². The number of rotatable bonds is 4. The van der Waals surface area contributed by atoms with Crippen molar-refractivity contribution in [3.8, 4) is 0 Å². The molecule has 0 bridgehead atoms. The molecule has 1 amide bonds. The van der Waals surface area contributed by atoms with Crippen molar-refractivity contribution in [2.24, 2.45) is 5.92 Å². The van der Waals surface area contributed by atoms with Crippen LogP contribution in [-0.4, -0.2) is 18.0 Å². The van der Waals surface area contributed by atoms with Gasteiger partial charge < -0.3 is 10.1 Å². The first-order chi connectivity index (χ1) is 9.56. The Hall–Kier alpha value is -1.55. The molecule has 0 unspecified atom stereocenters. The van der Waals surface area contributed by atoms with Gasteiger partial charge in [-0.3, -0.25) is 9.59 Å². The minimum absolute atomic E-state index is 0.0409. The highest BCUT2D eigenvalue weighted by Gasteiger charge is 2.27. The highest BCUT2D eigenvalue weighted by atomic mass is 35.5. The summed E-state index contributed by atoms with van der Waals surface area (Å²) in [5.74, 6) is -0.638. The largest absolute Gasteiger partial charge is 0.452 e. The zero-order valence-electron chi connectivity index (χ0n) is 11.4. The second kappa shape index (κ2) is 6.75. The maximum absolute atomic E-state index is 11.9. The lowest BCUT2D eigenvalue weighted by Crippen LogP contribution is -2.31. The fraction of sp³-hybridized carbons (Fsp3) is 0.467. The fourth-order valence-electron chi connectivity index (χ4n) is 2.26. The van der Waals surface area contributed by atoms with Gasteiger partial charge in [-0.2, -0.15) is 0 Å². The Morgan fingerprint density at radius 2 is 1.85 bits per heavy atom. The Morgan fingerprint density at radius 3 is 2.45 bits per heavy atom. The average Bonchev–Trinajstić information content (AvgIpc) is 2.95. The van der Waals surface area contributed by atoms with Crippen LogP contribution in [0.25, 0.3) is 0 Å². The van der Waals surface area contributed by atoms with Crippen LogP contribution in [0.2, 0.25) is 5.02 Å². The van der Waals surface area contributed by atoms with Crippen LogP contribution in [0.4, 0.5) is 5.69 Å². The topological polar surface area (TPSA) is 55.4 Å². The zero-order chi connectivity index (χ0) is 14.5. The molecule has 2 rings (SSSR count). The Kier molecular flexibility index (Phi) is 5.01. The summed E-state index contributed by atoms with van der Waals surface area (Å²) in [5, 5.41) is 3.29. The molecule has 0 heterocycles. The van der Waals surface area contributed by atoms with Crippen molar-refractivity contribution < 1.29 is 14.3 Å². The fourth-order valence-corrected chi connectivity index (χ4v) is 2.39. The summed E-state index contributed by atoms with van der Waals surface area (Å²) in [6.07, 6.45) is 3.06. The van der Waals surface area contributed by atoms with Gasteiger partial charge in [0.25, 0.3) is 5.91 Å². The lowest BCUT2D eigenvalue weighted by atomic mass is 10.1.